The van der Waals surface area contributed by atoms with Gasteiger partial charge < -0.3 is 14.6 Å². The molecule has 0 saturated carbocycles. The third kappa shape index (κ3) is 4.48. The van der Waals surface area contributed by atoms with Crippen molar-refractivity contribution in [2.45, 2.75) is 31.0 Å². The number of hydrogen-bond acceptors (Lipinski definition) is 5. The van der Waals surface area contributed by atoms with Gasteiger partial charge in [-0.3, -0.25) is 9.59 Å². The number of amides is 1. The number of hydrogen-bond donors (Lipinski definition) is 1. The van der Waals surface area contributed by atoms with E-state index in [0.717, 1.165) is 11.1 Å². The fourth-order valence-corrected chi connectivity index (χ4v) is 4.51. The Labute approximate surface area is 191 Å². The number of ether oxygens (including phenoxy) is 1. The highest BCUT2D eigenvalue weighted by molar-refractivity contribution is 7.99. The quantitative estimate of drug-likeness (QED) is 0.330. The van der Waals surface area contributed by atoms with Gasteiger partial charge in [-0.15, -0.1) is 6.58 Å². The Morgan fingerprint density at radius 3 is 2.72 bits per heavy atom. The molecule has 0 aliphatic carbocycles. The predicted molar refractivity (Wildman–Crippen MR) is 127 cm³/mol. The van der Waals surface area contributed by atoms with E-state index in [0.29, 0.717) is 34.6 Å². The van der Waals surface area contributed by atoms with Gasteiger partial charge in [0.05, 0.1) is 5.56 Å². The van der Waals surface area contributed by atoms with Crippen LogP contribution in [0.2, 0.25) is 0 Å². The Hall–Kier alpha value is -3.32. The lowest BCUT2D eigenvalue weighted by molar-refractivity contribution is -0.116. The van der Waals surface area contributed by atoms with Crippen molar-refractivity contribution in [3.8, 4) is 5.75 Å². The molecule has 1 N–H and O–H groups in total. The van der Waals surface area contributed by atoms with Gasteiger partial charge in [0, 0.05) is 30.7 Å². The highest BCUT2D eigenvalue weighted by Crippen LogP contribution is 2.39. The topological polar surface area (TPSA) is 73.2 Å². The number of para-hydroxylation sites is 1. The summed E-state index contributed by atoms with van der Waals surface area (Å²) in [5.41, 5.74) is 3.20. The SMILES string of the molecule is C=CCSc1nc(=O)c2c(n1C)NC(=O)C[C@H]2c1ccccc1OCc1ccc(C)cc1. The van der Waals surface area contributed by atoms with E-state index < -0.39 is 5.92 Å². The minimum absolute atomic E-state index is 0.142. The molecule has 1 amide bonds. The van der Waals surface area contributed by atoms with Crippen LogP contribution in [0.3, 0.4) is 0 Å². The van der Waals surface area contributed by atoms with E-state index in [-0.39, 0.29) is 17.9 Å². The van der Waals surface area contributed by atoms with Gasteiger partial charge in [-0.2, -0.15) is 4.98 Å². The molecule has 1 aliphatic rings. The van der Waals surface area contributed by atoms with E-state index in [2.05, 4.69) is 16.9 Å². The summed E-state index contributed by atoms with van der Waals surface area (Å²) in [7, 11) is 1.80. The maximum Gasteiger partial charge on any atom is 0.279 e. The molecule has 6 nitrogen and oxygen atoms in total. The molecule has 7 heteroatoms. The summed E-state index contributed by atoms with van der Waals surface area (Å²) in [6.45, 7) is 6.16. The Morgan fingerprint density at radius 1 is 1.22 bits per heavy atom. The van der Waals surface area contributed by atoms with Gasteiger partial charge in [0.2, 0.25) is 5.91 Å². The average Bonchev–Trinajstić information content (AvgIpc) is 2.79. The molecule has 2 heterocycles. The van der Waals surface area contributed by atoms with Crippen molar-refractivity contribution >= 4 is 23.5 Å². The number of benzene rings is 2. The Bertz CT molecular complexity index is 1220. The number of carbonyl (C=O) groups is 1. The molecule has 4 rings (SSSR count). The Balaban J connectivity index is 1.72. The zero-order valence-corrected chi connectivity index (χ0v) is 18.9. The molecule has 2 aromatic carbocycles. The molecule has 0 saturated heterocycles. The molecule has 1 aliphatic heterocycles. The van der Waals surface area contributed by atoms with Crippen LogP contribution in [-0.4, -0.2) is 21.2 Å². The minimum Gasteiger partial charge on any atom is -0.489 e. The van der Waals surface area contributed by atoms with E-state index in [1.165, 1.54) is 17.3 Å². The first kappa shape index (κ1) is 21.9. The molecule has 1 aromatic heterocycles. The molecule has 0 bridgehead atoms. The van der Waals surface area contributed by atoms with E-state index >= 15 is 0 Å². The lowest BCUT2D eigenvalue weighted by atomic mass is 9.86. The number of nitrogens with one attached hydrogen (secondary N) is 1. The highest BCUT2D eigenvalue weighted by Gasteiger charge is 2.33. The fraction of sp³-hybridized carbons (Fsp3) is 0.240. The van der Waals surface area contributed by atoms with Crippen LogP contribution in [-0.2, 0) is 18.4 Å². The van der Waals surface area contributed by atoms with Gasteiger partial charge in [0.1, 0.15) is 18.2 Å². The number of aromatic nitrogens is 2. The van der Waals surface area contributed by atoms with Crippen LogP contribution in [0.25, 0.3) is 0 Å². The summed E-state index contributed by atoms with van der Waals surface area (Å²) in [6, 6.07) is 15.7. The maximum absolute atomic E-state index is 13.1. The molecule has 0 radical (unpaired) electrons. The van der Waals surface area contributed by atoms with Crippen LogP contribution in [0.1, 0.15) is 34.6 Å². The Kier molecular flexibility index (Phi) is 6.46. The number of anilines is 1. The molecular formula is C25H25N3O3S. The van der Waals surface area contributed by atoms with Crippen LogP contribution in [0.5, 0.6) is 5.75 Å². The molecule has 32 heavy (non-hydrogen) atoms. The first-order valence-corrected chi connectivity index (χ1v) is 11.4. The Morgan fingerprint density at radius 2 is 1.97 bits per heavy atom. The lowest BCUT2D eigenvalue weighted by Crippen LogP contribution is -2.33. The molecule has 0 fully saturated rings. The van der Waals surface area contributed by atoms with Gasteiger partial charge >= 0.3 is 0 Å². The summed E-state index contributed by atoms with van der Waals surface area (Å²) < 4.78 is 7.91. The maximum atomic E-state index is 13.1. The van der Waals surface area contributed by atoms with Crippen LogP contribution in [0.4, 0.5) is 5.82 Å². The second-order valence-corrected chi connectivity index (χ2v) is 8.72. The van der Waals surface area contributed by atoms with Crippen LogP contribution in [0.15, 0.2) is 71.1 Å². The molecule has 1 atom stereocenters. The zero-order chi connectivity index (χ0) is 22.7. The van der Waals surface area contributed by atoms with Crippen molar-refractivity contribution in [3.05, 3.63) is 93.8 Å². The fourth-order valence-electron chi connectivity index (χ4n) is 3.81. The van der Waals surface area contributed by atoms with Gasteiger partial charge in [-0.05, 0) is 18.6 Å². The third-order valence-electron chi connectivity index (χ3n) is 5.44. The van der Waals surface area contributed by atoms with E-state index in [1.807, 2.05) is 55.5 Å². The van der Waals surface area contributed by atoms with Crippen LogP contribution in [0, 0.1) is 6.92 Å². The van der Waals surface area contributed by atoms with E-state index in [1.54, 1.807) is 17.7 Å². The summed E-state index contributed by atoms with van der Waals surface area (Å²) in [6.07, 6.45) is 1.91. The van der Waals surface area contributed by atoms with Crippen molar-refractivity contribution in [3.63, 3.8) is 0 Å². The van der Waals surface area contributed by atoms with E-state index in [9.17, 15) is 9.59 Å². The molecule has 3 aromatic rings. The first-order chi connectivity index (χ1) is 15.5. The zero-order valence-electron chi connectivity index (χ0n) is 18.1. The smallest absolute Gasteiger partial charge is 0.279 e. The summed E-state index contributed by atoms with van der Waals surface area (Å²) >= 11 is 1.40. The third-order valence-corrected chi connectivity index (χ3v) is 6.47. The molecule has 164 valence electrons. The molecular weight excluding hydrogens is 422 g/mol. The lowest BCUT2D eigenvalue weighted by Gasteiger charge is -2.28. The number of carbonyl (C=O) groups excluding carboxylic acids is 1. The largest absolute Gasteiger partial charge is 0.489 e. The van der Waals surface area contributed by atoms with Crippen molar-refractivity contribution in [2.24, 2.45) is 7.05 Å². The minimum atomic E-state index is -0.433. The monoisotopic (exact) mass is 447 g/mol. The normalized spacial score (nSPS) is 15.1. The number of nitrogens with zero attached hydrogens (tertiary/aromatic N) is 2. The number of rotatable bonds is 7. The van der Waals surface area contributed by atoms with Crippen molar-refractivity contribution in [1.29, 1.82) is 0 Å². The average molecular weight is 448 g/mol. The predicted octanol–water partition coefficient (Wildman–Crippen LogP) is 4.42. The van der Waals surface area contributed by atoms with Crippen molar-refractivity contribution in [2.75, 3.05) is 11.1 Å². The second-order valence-electron chi connectivity index (χ2n) is 7.74. The van der Waals surface area contributed by atoms with Gasteiger partial charge in [-0.1, -0.05) is 65.9 Å². The van der Waals surface area contributed by atoms with Crippen molar-refractivity contribution in [1.82, 2.24) is 9.55 Å². The van der Waals surface area contributed by atoms with Gasteiger partial charge in [0.15, 0.2) is 5.16 Å². The molecule has 0 unspecified atom stereocenters. The molecule has 0 spiro atoms. The first-order valence-electron chi connectivity index (χ1n) is 10.4. The summed E-state index contributed by atoms with van der Waals surface area (Å²) in [5, 5.41) is 3.41. The number of thioether (sulfide) groups is 1. The standard InChI is InChI=1S/C25H25N3O3S/c1-4-13-32-25-27-24(30)22-19(14-21(29)26-23(22)28(25)3)18-7-5-6-8-20(18)31-15-17-11-9-16(2)10-12-17/h4-12,19H,1,13-15H2,2-3H3,(H,26,29)/t19-/m0/s1. The number of aryl methyl sites for hydroxylation is 1. The van der Waals surface area contributed by atoms with Crippen LogP contribution >= 0.6 is 11.8 Å². The highest BCUT2D eigenvalue weighted by atomic mass is 32.2. The van der Waals surface area contributed by atoms with Crippen molar-refractivity contribution < 1.29 is 9.53 Å². The number of fused-ring (bicyclic) bond motifs is 1. The summed E-state index contributed by atoms with van der Waals surface area (Å²) in [4.78, 5) is 30.0. The summed E-state index contributed by atoms with van der Waals surface area (Å²) in [5.74, 6) is 1.19. The van der Waals surface area contributed by atoms with Gasteiger partial charge in [0.25, 0.3) is 5.56 Å². The van der Waals surface area contributed by atoms with Crippen LogP contribution < -0.4 is 15.6 Å². The van der Waals surface area contributed by atoms with E-state index in [4.69, 9.17) is 4.74 Å². The van der Waals surface area contributed by atoms with Gasteiger partial charge in [-0.25, -0.2) is 0 Å². The second kappa shape index (κ2) is 9.44.